The molecule has 2 atom stereocenters. The van der Waals surface area contributed by atoms with Gasteiger partial charge in [-0.05, 0) is 25.1 Å². The minimum Gasteiger partial charge on any atom is -0.350 e. The number of amides is 2. The molecule has 3 N–H and O–H groups in total. The molecular weight excluding hydrogens is 550 g/mol. The van der Waals surface area contributed by atoms with Crippen LogP contribution in [0.15, 0.2) is 36.5 Å². The zero-order chi connectivity index (χ0) is 27.9. The molecule has 1 aliphatic heterocycles. The number of carbonyl (C=O) groups is 3. The fourth-order valence-electron chi connectivity index (χ4n) is 4.46. The van der Waals surface area contributed by atoms with Gasteiger partial charge in [-0.2, -0.15) is 0 Å². The van der Waals surface area contributed by atoms with E-state index in [0.717, 1.165) is 17.0 Å². The van der Waals surface area contributed by atoms with E-state index >= 15 is 0 Å². The molecule has 14 heteroatoms. The number of nitrogens with one attached hydrogen (secondary N) is 1. The van der Waals surface area contributed by atoms with Gasteiger partial charge < -0.3 is 24.6 Å². The summed E-state index contributed by atoms with van der Waals surface area (Å²) in [6, 6.07) is 4.70. The maximum absolute atomic E-state index is 14.4. The average molecular weight is 572 g/mol. The highest BCUT2D eigenvalue weighted by atomic mass is 35.5. The van der Waals surface area contributed by atoms with E-state index in [2.05, 4.69) is 5.32 Å². The Morgan fingerprint density at radius 3 is 2.58 bits per heavy atom. The Labute approximate surface area is 219 Å². The van der Waals surface area contributed by atoms with Crippen LogP contribution in [0.1, 0.15) is 29.3 Å². The lowest BCUT2D eigenvalue weighted by molar-refractivity contribution is -0.139. The maximum atomic E-state index is 14.4. The summed E-state index contributed by atoms with van der Waals surface area (Å²) in [5, 5.41) is 1.46. The summed E-state index contributed by atoms with van der Waals surface area (Å²) in [6.07, 6.45) is -0.579. The standard InChI is InChI=1S/C24H22ClF3N3O6P/c1-12(32)16-10-30(19-7-21(38(35,36)37)18(27)6-15(16)19)11-22(33)31-9-14(26)5-20(31)24(34)29-8-13-3-2-4-17(25)23(13)28/h2-4,6-7,10,14,20H,5,8-9,11H2,1H3,(H,29,34)(H2,35,36,37). The fourth-order valence-corrected chi connectivity index (χ4v) is 5.29. The molecule has 2 aromatic carbocycles. The van der Waals surface area contributed by atoms with E-state index in [1.165, 1.54) is 35.9 Å². The molecule has 9 nitrogen and oxygen atoms in total. The summed E-state index contributed by atoms with van der Waals surface area (Å²) in [6.45, 7) is 0.0215. The van der Waals surface area contributed by atoms with E-state index < -0.39 is 67.4 Å². The molecule has 1 fully saturated rings. The summed E-state index contributed by atoms with van der Waals surface area (Å²) in [5.74, 6) is -3.87. The van der Waals surface area contributed by atoms with E-state index in [9.17, 15) is 41.9 Å². The molecule has 0 aliphatic carbocycles. The van der Waals surface area contributed by atoms with Crippen molar-refractivity contribution in [3.63, 3.8) is 0 Å². The van der Waals surface area contributed by atoms with Gasteiger partial charge in [-0.3, -0.25) is 18.9 Å². The lowest BCUT2D eigenvalue weighted by atomic mass is 10.1. The van der Waals surface area contributed by atoms with Crippen LogP contribution in [-0.4, -0.2) is 55.6 Å². The van der Waals surface area contributed by atoms with Gasteiger partial charge in [0.15, 0.2) is 5.78 Å². The molecule has 0 bridgehead atoms. The van der Waals surface area contributed by atoms with Gasteiger partial charge >= 0.3 is 7.60 Å². The first-order chi connectivity index (χ1) is 17.8. The van der Waals surface area contributed by atoms with Gasteiger partial charge in [0.05, 0.1) is 17.1 Å². The predicted octanol–water partition coefficient (Wildman–Crippen LogP) is 2.83. The number of hydrogen-bond acceptors (Lipinski definition) is 4. The van der Waals surface area contributed by atoms with Crippen molar-refractivity contribution in [1.82, 2.24) is 14.8 Å². The van der Waals surface area contributed by atoms with Crippen LogP contribution in [0.2, 0.25) is 5.02 Å². The van der Waals surface area contributed by atoms with Gasteiger partial charge in [-0.15, -0.1) is 0 Å². The summed E-state index contributed by atoms with van der Waals surface area (Å²) in [4.78, 5) is 58.1. The second kappa shape index (κ2) is 10.5. The number of ketones is 1. The number of rotatable bonds is 7. The van der Waals surface area contributed by atoms with E-state index in [-0.39, 0.29) is 40.0 Å². The molecule has 0 spiro atoms. The van der Waals surface area contributed by atoms with Crippen molar-refractivity contribution >= 4 is 53.0 Å². The molecule has 2 heterocycles. The Bertz CT molecular complexity index is 1510. The van der Waals surface area contributed by atoms with Crippen molar-refractivity contribution < 1.29 is 41.9 Å². The highest BCUT2D eigenvalue weighted by Crippen LogP contribution is 2.36. The molecule has 1 saturated heterocycles. The molecule has 0 saturated carbocycles. The smallest absolute Gasteiger partial charge is 0.350 e. The molecule has 3 aromatic rings. The number of likely N-dealkylation sites (tertiary alicyclic amines) is 1. The maximum Gasteiger partial charge on any atom is 0.359 e. The Balaban J connectivity index is 1.59. The van der Waals surface area contributed by atoms with Crippen LogP contribution in [0, 0.1) is 11.6 Å². The number of fused-ring (bicyclic) bond motifs is 1. The second-order valence-corrected chi connectivity index (χ2v) is 10.9. The highest BCUT2D eigenvalue weighted by Gasteiger charge is 2.40. The van der Waals surface area contributed by atoms with Crippen molar-refractivity contribution in [2.24, 2.45) is 0 Å². The van der Waals surface area contributed by atoms with Crippen LogP contribution in [0.3, 0.4) is 0 Å². The Kier molecular flexibility index (Phi) is 7.72. The van der Waals surface area contributed by atoms with Crippen LogP contribution in [-0.2, 0) is 27.2 Å². The van der Waals surface area contributed by atoms with Crippen molar-refractivity contribution in [2.45, 2.75) is 38.6 Å². The largest absolute Gasteiger partial charge is 0.359 e. The lowest BCUT2D eigenvalue weighted by Gasteiger charge is -2.24. The van der Waals surface area contributed by atoms with E-state index in [1.807, 2.05) is 0 Å². The SMILES string of the molecule is CC(=O)c1cn(CC(=O)N2CC(F)CC2C(=O)NCc2cccc(Cl)c2F)c2cc(P(=O)(O)O)c(F)cc12. The summed E-state index contributed by atoms with van der Waals surface area (Å²) in [7, 11) is -5.03. The van der Waals surface area contributed by atoms with E-state index in [4.69, 9.17) is 11.6 Å². The first-order valence-corrected chi connectivity index (χ1v) is 13.3. The second-order valence-electron chi connectivity index (χ2n) is 8.92. The minimum atomic E-state index is -5.03. The normalized spacial score (nSPS) is 17.7. The summed E-state index contributed by atoms with van der Waals surface area (Å²) >= 11 is 5.75. The van der Waals surface area contributed by atoms with E-state index in [0.29, 0.717) is 0 Å². The van der Waals surface area contributed by atoms with Gasteiger partial charge in [-0.25, -0.2) is 13.2 Å². The first kappa shape index (κ1) is 27.8. The van der Waals surface area contributed by atoms with Gasteiger partial charge in [-0.1, -0.05) is 23.7 Å². The molecule has 202 valence electrons. The average Bonchev–Trinajstić information content (AvgIpc) is 3.39. The topological polar surface area (TPSA) is 129 Å². The molecule has 0 radical (unpaired) electrons. The summed E-state index contributed by atoms with van der Waals surface area (Å²) < 4.78 is 55.8. The van der Waals surface area contributed by atoms with Crippen LogP contribution in [0.25, 0.3) is 10.9 Å². The lowest BCUT2D eigenvalue weighted by Crippen LogP contribution is -2.46. The summed E-state index contributed by atoms with van der Waals surface area (Å²) in [5.41, 5.74) is 0.102. The van der Waals surface area contributed by atoms with Crippen molar-refractivity contribution in [3.05, 3.63) is 64.3 Å². The van der Waals surface area contributed by atoms with Crippen LogP contribution < -0.4 is 10.6 Å². The number of benzene rings is 2. The highest BCUT2D eigenvalue weighted by molar-refractivity contribution is 7.60. The predicted molar refractivity (Wildman–Crippen MR) is 132 cm³/mol. The number of nitrogens with zero attached hydrogens (tertiary/aromatic N) is 2. The Morgan fingerprint density at radius 1 is 1.21 bits per heavy atom. The molecular formula is C24H22ClF3N3O6P. The number of carbonyl (C=O) groups excluding carboxylic acids is 3. The van der Waals surface area contributed by atoms with Gasteiger partial charge in [0.2, 0.25) is 11.8 Å². The van der Waals surface area contributed by atoms with Crippen molar-refractivity contribution in [2.75, 3.05) is 6.54 Å². The molecule has 1 aliphatic rings. The molecule has 1 aromatic heterocycles. The third kappa shape index (κ3) is 5.49. The van der Waals surface area contributed by atoms with Gasteiger partial charge in [0.25, 0.3) is 0 Å². The number of alkyl halides is 1. The van der Waals surface area contributed by atoms with Crippen molar-refractivity contribution in [3.8, 4) is 0 Å². The Hall–Kier alpha value is -3.18. The Morgan fingerprint density at radius 2 is 1.92 bits per heavy atom. The van der Waals surface area contributed by atoms with Crippen LogP contribution >= 0.6 is 19.2 Å². The quantitative estimate of drug-likeness (QED) is 0.295. The first-order valence-electron chi connectivity index (χ1n) is 11.3. The van der Waals surface area contributed by atoms with Crippen LogP contribution in [0.5, 0.6) is 0 Å². The van der Waals surface area contributed by atoms with Crippen molar-refractivity contribution in [1.29, 1.82) is 0 Å². The van der Waals surface area contributed by atoms with Gasteiger partial charge in [0.1, 0.15) is 35.7 Å². The molecule has 4 rings (SSSR count). The number of hydrogen-bond donors (Lipinski definition) is 3. The molecule has 2 amide bonds. The number of aromatic nitrogens is 1. The van der Waals surface area contributed by atoms with Crippen LogP contribution in [0.4, 0.5) is 13.2 Å². The third-order valence-corrected chi connectivity index (χ3v) is 7.57. The minimum absolute atomic E-state index is 0.00305. The number of halogens is 4. The number of Topliss-reactive ketones (excluding diaryl/α,β-unsaturated/α-hetero) is 1. The fraction of sp³-hybridized carbons (Fsp3) is 0.292. The third-order valence-electron chi connectivity index (χ3n) is 6.31. The molecule has 2 unspecified atom stereocenters. The van der Waals surface area contributed by atoms with Gasteiger partial charge in [0, 0.05) is 35.7 Å². The zero-order valence-corrected chi connectivity index (χ0v) is 21.5. The zero-order valence-electron chi connectivity index (χ0n) is 19.8. The van der Waals surface area contributed by atoms with E-state index in [1.54, 1.807) is 0 Å². The monoisotopic (exact) mass is 571 g/mol. The molecule has 38 heavy (non-hydrogen) atoms.